The number of carbonyl (C=O) groups excluding carboxylic acids is 1. The summed E-state index contributed by atoms with van der Waals surface area (Å²) in [5.41, 5.74) is 6.44. The molecule has 0 saturated carbocycles. The van der Waals surface area contributed by atoms with Crippen LogP contribution in [0.2, 0.25) is 0 Å². The highest BCUT2D eigenvalue weighted by molar-refractivity contribution is 5.97. The normalized spacial score (nSPS) is 20.0. The maximum absolute atomic E-state index is 11.6. The van der Waals surface area contributed by atoms with Crippen LogP contribution in [0.1, 0.15) is 32.6 Å². The zero-order chi connectivity index (χ0) is 8.97. The van der Waals surface area contributed by atoms with Gasteiger partial charge >= 0.3 is 0 Å². The average molecular weight is 167 g/mol. The van der Waals surface area contributed by atoms with Crippen LogP contribution >= 0.6 is 0 Å². The maximum Gasteiger partial charge on any atom is 0.162 e. The lowest BCUT2D eigenvalue weighted by atomic mass is 9.91. The third-order valence-electron chi connectivity index (χ3n) is 2.41. The number of rotatable bonds is 3. The van der Waals surface area contributed by atoms with E-state index in [-0.39, 0.29) is 11.7 Å². The van der Waals surface area contributed by atoms with Crippen LogP contribution in [0.5, 0.6) is 0 Å². The molecule has 0 aromatic heterocycles. The molecule has 0 radical (unpaired) electrons. The minimum atomic E-state index is 0.00866. The van der Waals surface area contributed by atoms with E-state index in [4.69, 9.17) is 5.73 Å². The molecule has 0 aromatic carbocycles. The van der Waals surface area contributed by atoms with Gasteiger partial charge in [0.1, 0.15) is 0 Å². The van der Waals surface area contributed by atoms with E-state index in [2.05, 4.69) is 6.08 Å². The molecule has 0 fully saturated rings. The Morgan fingerprint density at radius 3 is 2.92 bits per heavy atom. The van der Waals surface area contributed by atoms with E-state index in [0.29, 0.717) is 6.54 Å². The summed E-state index contributed by atoms with van der Waals surface area (Å²) in [5, 5.41) is 0. The molecule has 0 aliphatic heterocycles. The zero-order valence-corrected chi connectivity index (χ0v) is 7.68. The second-order valence-corrected chi connectivity index (χ2v) is 3.48. The molecular weight excluding hydrogens is 150 g/mol. The SMILES string of the molecule is CC(CN)C(=O)C1=CCCCC1. The van der Waals surface area contributed by atoms with Crippen LogP contribution in [0, 0.1) is 5.92 Å². The summed E-state index contributed by atoms with van der Waals surface area (Å²) in [6.07, 6.45) is 6.50. The van der Waals surface area contributed by atoms with Crippen molar-refractivity contribution in [2.24, 2.45) is 11.7 Å². The van der Waals surface area contributed by atoms with Gasteiger partial charge in [-0.2, -0.15) is 0 Å². The molecule has 0 saturated heterocycles. The molecule has 0 heterocycles. The van der Waals surface area contributed by atoms with E-state index in [1.807, 2.05) is 6.92 Å². The van der Waals surface area contributed by atoms with Crippen LogP contribution in [0.3, 0.4) is 0 Å². The van der Waals surface area contributed by atoms with Gasteiger partial charge in [0, 0.05) is 12.5 Å². The summed E-state index contributed by atoms with van der Waals surface area (Å²) in [6, 6.07) is 0. The first-order valence-electron chi connectivity index (χ1n) is 4.69. The Morgan fingerprint density at radius 1 is 1.67 bits per heavy atom. The van der Waals surface area contributed by atoms with Crippen LogP contribution in [0.25, 0.3) is 0 Å². The molecule has 0 bridgehead atoms. The Kier molecular flexibility index (Phi) is 3.48. The van der Waals surface area contributed by atoms with Crippen LogP contribution in [0.15, 0.2) is 11.6 Å². The molecule has 12 heavy (non-hydrogen) atoms. The van der Waals surface area contributed by atoms with Crippen molar-refractivity contribution in [3.8, 4) is 0 Å². The molecule has 1 aliphatic rings. The minimum Gasteiger partial charge on any atom is -0.330 e. The number of Topliss-reactive ketones (excluding diaryl/α,β-unsaturated/α-hetero) is 1. The molecule has 2 heteroatoms. The van der Waals surface area contributed by atoms with Crippen LogP contribution in [-0.2, 0) is 4.79 Å². The smallest absolute Gasteiger partial charge is 0.162 e. The molecule has 1 aliphatic carbocycles. The van der Waals surface area contributed by atoms with Gasteiger partial charge in [0.05, 0.1) is 0 Å². The van der Waals surface area contributed by atoms with Crippen molar-refractivity contribution in [3.63, 3.8) is 0 Å². The predicted molar refractivity (Wildman–Crippen MR) is 49.8 cm³/mol. The molecule has 0 aromatic rings. The van der Waals surface area contributed by atoms with E-state index in [1.165, 1.54) is 6.42 Å². The molecule has 1 rings (SSSR count). The molecule has 1 unspecified atom stereocenters. The van der Waals surface area contributed by atoms with Crippen molar-refractivity contribution in [2.75, 3.05) is 6.54 Å². The molecule has 0 amide bonds. The van der Waals surface area contributed by atoms with Gasteiger partial charge in [-0.3, -0.25) is 4.79 Å². The van der Waals surface area contributed by atoms with Gasteiger partial charge in [-0.25, -0.2) is 0 Å². The molecule has 2 N–H and O–H groups in total. The summed E-state index contributed by atoms with van der Waals surface area (Å²) in [7, 11) is 0. The highest BCUT2D eigenvalue weighted by Gasteiger charge is 2.17. The Hall–Kier alpha value is -0.630. The minimum absolute atomic E-state index is 0.00866. The summed E-state index contributed by atoms with van der Waals surface area (Å²) in [6.45, 7) is 2.37. The number of allylic oxidation sites excluding steroid dienone is 2. The predicted octanol–water partition coefficient (Wildman–Crippen LogP) is 1.65. The summed E-state index contributed by atoms with van der Waals surface area (Å²) in [4.78, 5) is 11.6. The van der Waals surface area contributed by atoms with Crippen molar-refractivity contribution in [3.05, 3.63) is 11.6 Å². The third kappa shape index (κ3) is 2.18. The maximum atomic E-state index is 11.6. The summed E-state index contributed by atoms with van der Waals surface area (Å²) in [5.74, 6) is 0.270. The Balaban J connectivity index is 2.56. The second-order valence-electron chi connectivity index (χ2n) is 3.48. The van der Waals surface area contributed by atoms with Crippen molar-refractivity contribution < 1.29 is 4.79 Å². The first-order chi connectivity index (χ1) is 5.75. The van der Waals surface area contributed by atoms with E-state index < -0.39 is 0 Å². The van der Waals surface area contributed by atoms with Crippen LogP contribution in [-0.4, -0.2) is 12.3 Å². The van der Waals surface area contributed by atoms with E-state index in [0.717, 1.165) is 24.8 Å². The monoisotopic (exact) mass is 167 g/mol. The van der Waals surface area contributed by atoms with Gasteiger partial charge in [-0.15, -0.1) is 0 Å². The number of hydrogen-bond acceptors (Lipinski definition) is 2. The number of hydrogen-bond donors (Lipinski definition) is 1. The van der Waals surface area contributed by atoms with Gasteiger partial charge < -0.3 is 5.73 Å². The zero-order valence-electron chi connectivity index (χ0n) is 7.68. The van der Waals surface area contributed by atoms with Crippen molar-refractivity contribution in [1.29, 1.82) is 0 Å². The van der Waals surface area contributed by atoms with Crippen molar-refractivity contribution >= 4 is 5.78 Å². The Bertz CT molecular complexity index is 196. The molecular formula is C10H17NO. The lowest BCUT2D eigenvalue weighted by molar-refractivity contribution is -0.118. The van der Waals surface area contributed by atoms with Gasteiger partial charge in [0.25, 0.3) is 0 Å². The van der Waals surface area contributed by atoms with Crippen LogP contribution in [0.4, 0.5) is 0 Å². The quantitative estimate of drug-likeness (QED) is 0.694. The van der Waals surface area contributed by atoms with Gasteiger partial charge in [-0.05, 0) is 31.3 Å². The number of carbonyl (C=O) groups is 1. The number of ketones is 1. The molecule has 68 valence electrons. The van der Waals surface area contributed by atoms with Gasteiger partial charge in [-0.1, -0.05) is 13.0 Å². The van der Waals surface area contributed by atoms with Crippen molar-refractivity contribution in [2.45, 2.75) is 32.6 Å². The highest BCUT2D eigenvalue weighted by atomic mass is 16.1. The van der Waals surface area contributed by atoms with Crippen molar-refractivity contribution in [1.82, 2.24) is 0 Å². The fraction of sp³-hybridized carbons (Fsp3) is 0.700. The second kappa shape index (κ2) is 4.41. The summed E-state index contributed by atoms with van der Waals surface area (Å²) < 4.78 is 0. The van der Waals surface area contributed by atoms with Gasteiger partial charge in [0.15, 0.2) is 5.78 Å². The molecule has 1 atom stereocenters. The Labute approximate surface area is 73.8 Å². The fourth-order valence-corrected chi connectivity index (χ4v) is 1.49. The lowest BCUT2D eigenvalue weighted by Gasteiger charge is -2.14. The number of nitrogens with two attached hydrogens (primary N) is 1. The topological polar surface area (TPSA) is 43.1 Å². The molecule has 2 nitrogen and oxygen atoms in total. The van der Waals surface area contributed by atoms with Crippen LogP contribution < -0.4 is 5.73 Å². The van der Waals surface area contributed by atoms with E-state index in [9.17, 15) is 4.79 Å². The summed E-state index contributed by atoms with van der Waals surface area (Å²) >= 11 is 0. The highest BCUT2D eigenvalue weighted by Crippen LogP contribution is 2.20. The fourth-order valence-electron chi connectivity index (χ4n) is 1.49. The lowest BCUT2D eigenvalue weighted by Crippen LogP contribution is -2.22. The first-order valence-corrected chi connectivity index (χ1v) is 4.69. The van der Waals surface area contributed by atoms with E-state index in [1.54, 1.807) is 0 Å². The first kappa shape index (κ1) is 9.46. The van der Waals surface area contributed by atoms with Gasteiger partial charge in [0.2, 0.25) is 0 Å². The largest absolute Gasteiger partial charge is 0.330 e. The Morgan fingerprint density at radius 2 is 2.42 bits per heavy atom. The molecule has 0 spiro atoms. The third-order valence-corrected chi connectivity index (χ3v) is 2.41. The standard InChI is InChI=1S/C10H17NO/c1-8(7-11)10(12)9-5-3-2-4-6-9/h5,8H,2-4,6-7,11H2,1H3. The average Bonchev–Trinajstić information content (AvgIpc) is 2.17. The van der Waals surface area contributed by atoms with E-state index >= 15 is 0 Å².